The number of nitrogens with zero attached hydrogens (tertiary/aromatic N) is 2. The van der Waals surface area contributed by atoms with Gasteiger partial charge < -0.3 is 5.73 Å². The predicted molar refractivity (Wildman–Crippen MR) is 95.3 cm³/mol. The van der Waals surface area contributed by atoms with Crippen molar-refractivity contribution in [3.8, 4) is 11.4 Å². The van der Waals surface area contributed by atoms with Crippen LogP contribution in [0.15, 0.2) is 24.3 Å². The molecule has 0 atom stereocenters. The molecule has 4 heteroatoms. The van der Waals surface area contributed by atoms with E-state index < -0.39 is 0 Å². The molecule has 1 saturated carbocycles. The number of anilines is 1. The summed E-state index contributed by atoms with van der Waals surface area (Å²) < 4.78 is 0.960. The summed E-state index contributed by atoms with van der Waals surface area (Å²) in [6, 6.07) is 8.57. The van der Waals surface area contributed by atoms with Crippen LogP contribution in [-0.2, 0) is 5.41 Å². The molecule has 2 N–H and O–H groups in total. The van der Waals surface area contributed by atoms with Crippen LogP contribution in [0, 0.1) is 3.57 Å². The molecule has 110 valence electrons. The third kappa shape index (κ3) is 3.05. The van der Waals surface area contributed by atoms with Crippen molar-refractivity contribution < 1.29 is 0 Å². The lowest BCUT2D eigenvalue weighted by Gasteiger charge is -2.21. The largest absolute Gasteiger partial charge is 0.383 e. The summed E-state index contributed by atoms with van der Waals surface area (Å²) in [6.07, 6.45) is 2.60. The molecule has 1 fully saturated rings. The monoisotopic (exact) mass is 393 g/mol. The summed E-state index contributed by atoms with van der Waals surface area (Å²) in [4.78, 5) is 9.29. The molecule has 1 aromatic carbocycles. The predicted octanol–water partition coefficient (Wildman–Crippen LogP) is 4.51. The van der Waals surface area contributed by atoms with Gasteiger partial charge in [0.05, 0.1) is 9.26 Å². The first-order chi connectivity index (χ1) is 9.86. The Kier molecular flexibility index (Phi) is 3.67. The highest BCUT2D eigenvalue weighted by Crippen LogP contribution is 2.41. The Hall–Kier alpha value is -1.17. The van der Waals surface area contributed by atoms with E-state index in [0.29, 0.717) is 5.82 Å². The lowest BCUT2D eigenvalue weighted by Crippen LogP contribution is -2.18. The first kappa shape index (κ1) is 14.8. The molecule has 0 saturated heterocycles. The van der Waals surface area contributed by atoms with Gasteiger partial charge in [-0.25, -0.2) is 9.97 Å². The van der Waals surface area contributed by atoms with E-state index in [2.05, 4.69) is 72.6 Å². The van der Waals surface area contributed by atoms with E-state index in [0.717, 1.165) is 26.6 Å². The molecule has 21 heavy (non-hydrogen) atoms. The Bertz CT molecular complexity index is 685. The second kappa shape index (κ2) is 5.23. The van der Waals surface area contributed by atoms with Crippen molar-refractivity contribution in [3.63, 3.8) is 0 Å². The smallest absolute Gasteiger partial charge is 0.161 e. The molecule has 2 aromatic rings. The SMILES string of the molecule is CC(C)(C)c1nc(-c2cccc(C3CC3)c2)nc(N)c1I. The number of halogens is 1. The fourth-order valence-corrected chi connectivity index (χ4v) is 3.49. The van der Waals surface area contributed by atoms with Gasteiger partial charge >= 0.3 is 0 Å². The van der Waals surface area contributed by atoms with Crippen LogP contribution in [0.4, 0.5) is 5.82 Å². The van der Waals surface area contributed by atoms with Gasteiger partial charge in [-0.1, -0.05) is 39.0 Å². The highest BCUT2D eigenvalue weighted by atomic mass is 127. The Morgan fingerprint density at radius 1 is 1.19 bits per heavy atom. The van der Waals surface area contributed by atoms with Crippen LogP contribution in [0.3, 0.4) is 0 Å². The molecule has 1 aliphatic carbocycles. The summed E-state index contributed by atoms with van der Waals surface area (Å²) in [5.41, 5.74) is 9.53. The van der Waals surface area contributed by atoms with Gasteiger partial charge in [0.2, 0.25) is 0 Å². The standard InChI is InChI=1S/C17H20IN3/c1-17(2,3)14-13(18)15(19)21-16(20-14)12-6-4-5-11(9-12)10-7-8-10/h4-6,9-10H,7-8H2,1-3H3,(H2,19,20,21). The van der Waals surface area contributed by atoms with Gasteiger partial charge in [-0.05, 0) is 53.0 Å². The van der Waals surface area contributed by atoms with Crippen LogP contribution in [0.2, 0.25) is 0 Å². The maximum absolute atomic E-state index is 6.11. The highest BCUT2D eigenvalue weighted by Gasteiger charge is 2.25. The second-order valence-corrected chi connectivity index (χ2v) is 7.82. The van der Waals surface area contributed by atoms with E-state index in [-0.39, 0.29) is 5.41 Å². The van der Waals surface area contributed by atoms with Crippen LogP contribution in [0.1, 0.15) is 50.8 Å². The van der Waals surface area contributed by atoms with Gasteiger partial charge in [0.15, 0.2) is 5.82 Å². The number of nitrogens with two attached hydrogens (primary N) is 1. The van der Waals surface area contributed by atoms with Crippen molar-refractivity contribution in [1.29, 1.82) is 0 Å². The van der Waals surface area contributed by atoms with Crippen LogP contribution in [0.25, 0.3) is 11.4 Å². The molecule has 0 spiro atoms. The maximum atomic E-state index is 6.11. The van der Waals surface area contributed by atoms with Crippen molar-refractivity contribution in [3.05, 3.63) is 39.1 Å². The maximum Gasteiger partial charge on any atom is 0.161 e. The number of benzene rings is 1. The first-order valence-electron chi connectivity index (χ1n) is 7.30. The summed E-state index contributed by atoms with van der Waals surface area (Å²) in [5.74, 6) is 2.04. The molecule has 0 amide bonds. The second-order valence-electron chi connectivity index (χ2n) is 6.74. The number of hydrogen-bond acceptors (Lipinski definition) is 3. The van der Waals surface area contributed by atoms with Gasteiger partial charge in [-0.15, -0.1) is 0 Å². The molecule has 0 bridgehead atoms. The average Bonchev–Trinajstić information content (AvgIpc) is 3.25. The molecule has 1 aromatic heterocycles. The van der Waals surface area contributed by atoms with Crippen LogP contribution >= 0.6 is 22.6 Å². The normalized spacial score (nSPS) is 15.2. The van der Waals surface area contributed by atoms with Crippen LogP contribution in [0.5, 0.6) is 0 Å². The van der Waals surface area contributed by atoms with Crippen molar-refractivity contribution in [1.82, 2.24) is 9.97 Å². The Morgan fingerprint density at radius 3 is 2.52 bits per heavy atom. The summed E-state index contributed by atoms with van der Waals surface area (Å²) in [5, 5.41) is 0. The Balaban J connectivity index is 2.10. The van der Waals surface area contributed by atoms with Crippen molar-refractivity contribution >= 4 is 28.4 Å². The zero-order chi connectivity index (χ0) is 15.2. The quantitative estimate of drug-likeness (QED) is 0.765. The van der Waals surface area contributed by atoms with Crippen molar-refractivity contribution in [2.75, 3.05) is 5.73 Å². The van der Waals surface area contributed by atoms with Crippen LogP contribution in [-0.4, -0.2) is 9.97 Å². The average molecular weight is 393 g/mol. The summed E-state index contributed by atoms with van der Waals surface area (Å²) in [7, 11) is 0. The van der Waals surface area contributed by atoms with E-state index in [1.807, 2.05) is 0 Å². The Labute approximate surface area is 139 Å². The molecule has 1 aliphatic rings. The molecule has 0 aliphatic heterocycles. The fourth-order valence-electron chi connectivity index (χ4n) is 2.44. The minimum Gasteiger partial charge on any atom is -0.383 e. The third-order valence-corrected chi connectivity index (χ3v) is 4.84. The minimum absolute atomic E-state index is 0.0452. The lowest BCUT2D eigenvalue weighted by molar-refractivity contribution is 0.564. The zero-order valence-corrected chi connectivity index (χ0v) is 14.8. The lowest BCUT2D eigenvalue weighted by atomic mass is 9.91. The van der Waals surface area contributed by atoms with Crippen LogP contribution < -0.4 is 5.73 Å². The van der Waals surface area contributed by atoms with Gasteiger partial charge in [0.25, 0.3) is 0 Å². The Morgan fingerprint density at radius 2 is 1.90 bits per heavy atom. The molecular weight excluding hydrogens is 373 g/mol. The molecular formula is C17H20IN3. The van der Waals surface area contributed by atoms with E-state index in [4.69, 9.17) is 10.7 Å². The third-order valence-electron chi connectivity index (χ3n) is 3.78. The summed E-state index contributed by atoms with van der Waals surface area (Å²) >= 11 is 2.24. The van der Waals surface area contributed by atoms with Gasteiger partial charge in [-0.2, -0.15) is 0 Å². The van der Waals surface area contributed by atoms with Gasteiger partial charge in [-0.3, -0.25) is 0 Å². The van der Waals surface area contributed by atoms with Gasteiger partial charge in [0, 0.05) is 11.0 Å². The van der Waals surface area contributed by atoms with E-state index in [1.54, 1.807) is 0 Å². The number of hydrogen-bond donors (Lipinski definition) is 1. The molecule has 1 heterocycles. The molecule has 0 radical (unpaired) electrons. The van der Waals surface area contributed by atoms with Crippen molar-refractivity contribution in [2.45, 2.75) is 44.9 Å². The summed E-state index contributed by atoms with van der Waals surface area (Å²) in [6.45, 7) is 6.46. The molecule has 3 rings (SSSR count). The number of aromatic nitrogens is 2. The fraction of sp³-hybridized carbons (Fsp3) is 0.412. The number of nitrogen functional groups attached to an aromatic ring is 1. The first-order valence-corrected chi connectivity index (χ1v) is 8.38. The van der Waals surface area contributed by atoms with Crippen molar-refractivity contribution in [2.24, 2.45) is 0 Å². The number of rotatable bonds is 2. The minimum atomic E-state index is -0.0452. The van der Waals surface area contributed by atoms with E-state index in [1.165, 1.54) is 18.4 Å². The van der Waals surface area contributed by atoms with E-state index in [9.17, 15) is 0 Å². The highest BCUT2D eigenvalue weighted by molar-refractivity contribution is 14.1. The van der Waals surface area contributed by atoms with E-state index >= 15 is 0 Å². The topological polar surface area (TPSA) is 51.8 Å². The molecule has 3 nitrogen and oxygen atoms in total. The zero-order valence-electron chi connectivity index (χ0n) is 12.7. The van der Waals surface area contributed by atoms with Gasteiger partial charge in [0.1, 0.15) is 5.82 Å². The molecule has 0 unspecified atom stereocenters.